The SMILES string of the molecule is CC(C)c1[nH]c(COCCOC(N)=O)nc1Sc1cc(Cl)cc(Cl)c1. The van der Waals surface area contributed by atoms with Gasteiger partial charge in [-0.05, 0) is 24.1 Å². The van der Waals surface area contributed by atoms with E-state index in [-0.39, 0.29) is 25.7 Å². The van der Waals surface area contributed by atoms with Gasteiger partial charge in [-0.25, -0.2) is 9.78 Å². The number of ether oxygens (including phenoxy) is 2. The average molecular weight is 404 g/mol. The molecule has 0 saturated carbocycles. The van der Waals surface area contributed by atoms with E-state index >= 15 is 0 Å². The van der Waals surface area contributed by atoms with Crippen LogP contribution in [0.5, 0.6) is 0 Å². The van der Waals surface area contributed by atoms with E-state index in [1.165, 1.54) is 11.8 Å². The molecule has 0 bridgehead atoms. The van der Waals surface area contributed by atoms with Crippen LogP contribution in [0.15, 0.2) is 28.1 Å². The Hall–Kier alpha value is -1.41. The second-order valence-corrected chi connectivity index (χ2v) is 7.42. The van der Waals surface area contributed by atoms with E-state index in [4.69, 9.17) is 33.7 Å². The molecule has 0 aliphatic carbocycles. The van der Waals surface area contributed by atoms with Gasteiger partial charge in [-0.3, -0.25) is 0 Å². The van der Waals surface area contributed by atoms with Crippen LogP contribution in [0, 0.1) is 0 Å². The van der Waals surface area contributed by atoms with Crippen molar-refractivity contribution in [2.45, 2.75) is 36.3 Å². The van der Waals surface area contributed by atoms with Crippen LogP contribution < -0.4 is 5.73 Å². The number of halogens is 2. The van der Waals surface area contributed by atoms with Gasteiger partial charge in [-0.15, -0.1) is 0 Å². The summed E-state index contributed by atoms with van der Waals surface area (Å²) in [5, 5.41) is 2.00. The largest absolute Gasteiger partial charge is 0.447 e. The highest BCUT2D eigenvalue weighted by Crippen LogP contribution is 2.35. The number of carbonyl (C=O) groups is 1. The summed E-state index contributed by atoms with van der Waals surface area (Å²) in [7, 11) is 0. The van der Waals surface area contributed by atoms with E-state index in [9.17, 15) is 4.79 Å². The van der Waals surface area contributed by atoms with Crippen molar-refractivity contribution in [2.75, 3.05) is 13.2 Å². The molecule has 0 radical (unpaired) electrons. The van der Waals surface area contributed by atoms with Crippen LogP contribution in [0.1, 0.15) is 31.3 Å². The third-order valence-electron chi connectivity index (χ3n) is 3.08. The summed E-state index contributed by atoms with van der Waals surface area (Å²) in [5.41, 5.74) is 5.89. The van der Waals surface area contributed by atoms with Crippen molar-refractivity contribution < 1.29 is 14.3 Å². The summed E-state index contributed by atoms with van der Waals surface area (Å²) in [6, 6.07) is 5.37. The standard InChI is InChI=1S/C16H19Cl2N3O3S/c1-9(2)14-15(25-12-6-10(17)5-11(18)7-12)21-13(20-14)8-23-3-4-24-16(19)22/h5-7,9H,3-4,8H2,1-2H3,(H2,19,22)(H,20,21). The minimum absolute atomic E-state index is 0.107. The number of carbonyl (C=O) groups excluding carboxylic acids is 1. The molecule has 0 aliphatic heterocycles. The van der Waals surface area contributed by atoms with Crippen molar-refractivity contribution in [3.05, 3.63) is 39.8 Å². The van der Waals surface area contributed by atoms with Crippen LogP contribution in [0.4, 0.5) is 4.79 Å². The third kappa shape index (κ3) is 6.43. The first-order valence-electron chi connectivity index (χ1n) is 7.58. The summed E-state index contributed by atoms with van der Waals surface area (Å²) in [6.45, 7) is 4.78. The Bertz CT molecular complexity index is 717. The number of hydrogen-bond acceptors (Lipinski definition) is 5. The molecule has 1 heterocycles. The van der Waals surface area contributed by atoms with Gasteiger partial charge in [-0.2, -0.15) is 0 Å². The second kappa shape index (κ2) is 9.33. The molecule has 0 unspecified atom stereocenters. The monoisotopic (exact) mass is 403 g/mol. The van der Waals surface area contributed by atoms with E-state index < -0.39 is 6.09 Å². The number of H-pyrrole nitrogens is 1. The predicted molar refractivity (Wildman–Crippen MR) is 98.5 cm³/mol. The Morgan fingerprint density at radius 1 is 1.28 bits per heavy atom. The number of rotatable bonds is 8. The normalized spacial score (nSPS) is 11.1. The van der Waals surface area contributed by atoms with Crippen LogP contribution in [-0.4, -0.2) is 29.3 Å². The Morgan fingerprint density at radius 3 is 2.56 bits per heavy atom. The highest BCUT2D eigenvalue weighted by atomic mass is 35.5. The number of nitrogens with zero attached hydrogens (tertiary/aromatic N) is 1. The number of benzene rings is 1. The molecular formula is C16H19Cl2N3O3S. The molecule has 1 amide bonds. The van der Waals surface area contributed by atoms with E-state index in [2.05, 4.69) is 28.6 Å². The summed E-state index contributed by atoms with van der Waals surface area (Å²) >= 11 is 13.6. The number of nitrogens with one attached hydrogen (secondary N) is 1. The first kappa shape index (κ1) is 19.9. The van der Waals surface area contributed by atoms with Gasteiger partial charge in [0.05, 0.1) is 12.3 Å². The number of imidazole rings is 1. The van der Waals surface area contributed by atoms with Crippen LogP contribution >= 0.6 is 35.0 Å². The smallest absolute Gasteiger partial charge is 0.404 e. The van der Waals surface area contributed by atoms with Crippen LogP contribution in [0.3, 0.4) is 0 Å². The summed E-state index contributed by atoms with van der Waals surface area (Å²) in [6.07, 6.45) is -0.817. The molecule has 1 aromatic heterocycles. The van der Waals surface area contributed by atoms with Gasteiger partial charge in [0, 0.05) is 14.9 Å². The number of aromatic amines is 1. The predicted octanol–water partition coefficient (Wildman–Crippen LogP) is 4.60. The van der Waals surface area contributed by atoms with E-state index in [1.807, 2.05) is 12.1 Å². The molecule has 0 spiro atoms. The maximum Gasteiger partial charge on any atom is 0.404 e. The van der Waals surface area contributed by atoms with Crippen LogP contribution in [0.25, 0.3) is 0 Å². The molecule has 0 aliphatic rings. The lowest BCUT2D eigenvalue weighted by Gasteiger charge is -2.06. The minimum atomic E-state index is -0.817. The van der Waals surface area contributed by atoms with Crippen molar-refractivity contribution >= 4 is 41.1 Å². The van der Waals surface area contributed by atoms with Crippen LogP contribution in [-0.2, 0) is 16.1 Å². The highest BCUT2D eigenvalue weighted by molar-refractivity contribution is 7.99. The number of amides is 1. The Labute approximate surface area is 160 Å². The maximum atomic E-state index is 10.5. The fraction of sp³-hybridized carbons (Fsp3) is 0.375. The van der Waals surface area contributed by atoms with Crippen molar-refractivity contribution in [3.63, 3.8) is 0 Å². The lowest BCUT2D eigenvalue weighted by molar-refractivity contribution is 0.0653. The quantitative estimate of drug-likeness (QED) is 0.628. The minimum Gasteiger partial charge on any atom is -0.447 e. The average Bonchev–Trinajstić information content (AvgIpc) is 2.88. The van der Waals surface area contributed by atoms with Gasteiger partial charge < -0.3 is 20.2 Å². The zero-order chi connectivity index (χ0) is 18.4. The molecule has 2 aromatic rings. The fourth-order valence-electron chi connectivity index (χ4n) is 2.03. The third-order valence-corrected chi connectivity index (χ3v) is 4.50. The van der Waals surface area contributed by atoms with E-state index in [1.54, 1.807) is 6.07 Å². The van der Waals surface area contributed by atoms with Crippen molar-refractivity contribution in [2.24, 2.45) is 5.73 Å². The lowest BCUT2D eigenvalue weighted by Crippen LogP contribution is -2.16. The molecule has 9 heteroatoms. The molecule has 1 aromatic carbocycles. The number of aromatic nitrogens is 2. The van der Waals surface area contributed by atoms with E-state index in [0.29, 0.717) is 15.9 Å². The Morgan fingerprint density at radius 2 is 1.96 bits per heavy atom. The van der Waals surface area contributed by atoms with Gasteiger partial charge in [0.2, 0.25) is 0 Å². The molecule has 0 atom stereocenters. The molecule has 25 heavy (non-hydrogen) atoms. The lowest BCUT2D eigenvalue weighted by atomic mass is 10.2. The van der Waals surface area contributed by atoms with Gasteiger partial charge in [-0.1, -0.05) is 48.8 Å². The summed E-state index contributed by atoms with van der Waals surface area (Å²) < 4.78 is 10.0. The first-order valence-corrected chi connectivity index (χ1v) is 9.15. The van der Waals surface area contributed by atoms with Crippen LogP contribution in [0.2, 0.25) is 10.0 Å². The molecule has 2 rings (SSSR count). The fourth-order valence-corrected chi connectivity index (χ4v) is 3.83. The summed E-state index contributed by atoms with van der Waals surface area (Å²) in [5.74, 6) is 0.954. The number of primary amides is 1. The molecule has 136 valence electrons. The van der Waals surface area contributed by atoms with E-state index in [0.717, 1.165) is 15.6 Å². The zero-order valence-corrected chi connectivity index (χ0v) is 16.2. The Kier molecular flexibility index (Phi) is 7.43. The number of hydrogen-bond donors (Lipinski definition) is 2. The van der Waals surface area contributed by atoms with Gasteiger partial charge >= 0.3 is 6.09 Å². The first-order chi connectivity index (χ1) is 11.8. The highest BCUT2D eigenvalue weighted by Gasteiger charge is 2.15. The molecule has 6 nitrogen and oxygen atoms in total. The molecule has 0 fully saturated rings. The Balaban J connectivity index is 2.04. The van der Waals surface area contributed by atoms with Gasteiger partial charge in [0.15, 0.2) is 0 Å². The van der Waals surface area contributed by atoms with Gasteiger partial charge in [0.1, 0.15) is 24.1 Å². The van der Waals surface area contributed by atoms with Gasteiger partial charge in [0.25, 0.3) is 0 Å². The van der Waals surface area contributed by atoms with Crippen molar-refractivity contribution in [3.8, 4) is 0 Å². The van der Waals surface area contributed by atoms with Crippen molar-refractivity contribution in [1.29, 1.82) is 0 Å². The molecule has 0 saturated heterocycles. The molecular weight excluding hydrogens is 385 g/mol. The molecule has 3 N–H and O–H groups in total. The van der Waals surface area contributed by atoms with Crippen molar-refractivity contribution in [1.82, 2.24) is 9.97 Å². The topological polar surface area (TPSA) is 90.2 Å². The number of nitrogens with two attached hydrogens (primary N) is 1. The maximum absolute atomic E-state index is 10.5. The summed E-state index contributed by atoms with van der Waals surface area (Å²) in [4.78, 5) is 19.2. The second-order valence-electron chi connectivity index (χ2n) is 5.48. The zero-order valence-electron chi connectivity index (χ0n) is 13.8.